The third-order valence-corrected chi connectivity index (χ3v) is 4.11. The van der Waals surface area contributed by atoms with Crippen LogP contribution in [0.5, 0.6) is 0 Å². The van der Waals surface area contributed by atoms with Crippen molar-refractivity contribution in [2.45, 2.75) is 12.5 Å². The van der Waals surface area contributed by atoms with Gasteiger partial charge in [0, 0.05) is 6.04 Å². The zero-order valence-corrected chi connectivity index (χ0v) is 12.1. The van der Waals surface area contributed by atoms with Crippen LogP contribution in [0.15, 0.2) is 36.4 Å². The van der Waals surface area contributed by atoms with Gasteiger partial charge >= 0.3 is 0 Å². The van der Waals surface area contributed by atoms with Crippen molar-refractivity contribution >= 4 is 34.8 Å². The van der Waals surface area contributed by atoms with Gasteiger partial charge in [-0.2, -0.15) is 0 Å². The summed E-state index contributed by atoms with van der Waals surface area (Å²) in [5.41, 5.74) is 7.45. The lowest BCUT2D eigenvalue weighted by molar-refractivity contribution is 0.622. The van der Waals surface area contributed by atoms with Crippen LogP contribution >= 0.6 is 34.8 Å². The fraction of sp³-hybridized carbons (Fsp3) is 0.143. The van der Waals surface area contributed by atoms with E-state index in [0.29, 0.717) is 22.0 Å². The monoisotopic (exact) mass is 317 g/mol. The highest BCUT2D eigenvalue weighted by Crippen LogP contribution is 2.31. The van der Waals surface area contributed by atoms with E-state index in [2.05, 4.69) is 0 Å². The van der Waals surface area contributed by atoms with E-state index in [0.717, 1.165) is 5.56 Å². The number of nitrogens with two attached hydrogens (primary N) is 1. The van der Waals surface area contributed by atoms with E-state index >= 15 is 0 Å². The standard InChI is InChI=1S/C14H11Cl3FN/c15-10-5-2-4-9(14(10)17)12(19)7-8-3-1-6-11(18)13(8)16/h1-6,12H,7,19H2. The Kier molecular flexibility index (Phi) is 4.69. The van der Waals surface area contributed by atoms with Gasteiger partial charge in [-0.15, -0.1) is 0 Å². The van der Waals surface area contributed by atoms with E-state index in [-0.39, 0.29) is 5.02 Å². The van der Waals surface area contributed by atoms with Crippen LogP contribution in [0.2, 0.25) is 15.1 Å². The largest absolute Gasteiger partial charge is 0.324 e. The molecule has 1 unspecified atom stereocenters. The summed E-state index contributed by atoms with van der Waals surface area (Å²) in [6, 6.07) is 9.51. The minimum Gasteiger partial charge on any atom is -0.324 e. The van der Waals surface area contributed by atoms with Gasteiger partial charge in [-0.05, 0) is 29.7 Å². The fourth-order valence-corrected chi connectivity index (χ4v) is 2.51. The summed E-state index contributed by atoms with van der Waals surface area (Å²) in [7, 11) is 0. The summed E-state index contributed by atoms with van der Waals surface area (Å²) >= 11 is 18.0. The Morgan fingerprint density at radius 1 is 1.00 bits per heavy atom. The first-order valence-electron chi connectivity index (χ1n) is 5.63. The maximum absolute atomic E-state index is 13.4. The highest BCUT2D eigenvalue weighted by atomic mass is 35.5. The molecule has 5 heteroatoms. The predicted molar refractivity (Wildman–Crippen MR) is 78.5 cm³/mol. The molecule has 0 heterocycles. The smallest absolute Gasteiger partial charge is 0.142 e. The molecule has 0 spiro atoms. The van der Waals surface area contributed by atoms with Crippen LogP contribution in [0, 0.1) is 5.82 Å². The van der Waals surface area contributed by atoms with E-state index < -0.39 is 11.9 Å². The predicted octanol–water partition coefficient (Wildman–Crippen LogP) is 5.03. The molecule has 2 N–H and O–H groups in total. The molecule has 2 aromatic rings. The minimum atomic E-state index is -0.455. The van der Waals surface area contributed by atoms with Crippen molar-refractivity contribution in [1.82, 2.24) is 0 Å². The molecule has 0 aromatic heterocycles. The molecule has 0 aliphatic rings. The molecule has 1 atom stereocenters. The molecule has 0 saturated carbocycles. The van der Waals surface area contributed by atoms with Crippen LogP contribution < -0.4 is 5.73 Å². The van der Waals surface area contributed by atoms with Crippen LogP contribution in [0.1, 0.15) is 17.2 Å². The van der Waals surface area contributed by atoms with Gasteiger partial charge in [0.25, 0.3) is 0 Å². The zero-order valence-electron chi connectivity index (χ0n) is 9.84. The van der Waals surface area contributed by atoms with Crippen molar-refractivity contribution in [2.75, 3.05) is 0 Å². The van der Waals surface area contributed by atoms with Gasteiger partial charge in [-0.25, -0.2) is 4.39 Å². The summed E-state index contributed by atoms with van der Waals surface area (Å²) in [4.78, 5) is 0. The first kappa shape index (κ1) is 14.6. The van der Waals surface area contributed by atoms with Crippen molar-refractivity contribution in [1.29, 1.82) is 0 Å². The van der Waals surface area contributed by atoms with Crippen LogP contribution in [-0.4, -0.2) is 0 Å². The quantitative estimate of drug-likeness (QED) is 0.844. The Labute approximate surface area is 126 Å². The highest BCUT2D eigenvalue weighted by molar-refractivity contribution is 6.42. The minimum absolute atomic E-state index is 0.0936. The van der Waals surface area contributed by atoms with Crippen LogP contribution in [0.4, 0.5) is 4.39 Å². The SMILES string of the molecule is NC(Cc1cccc(F)c1Cl)c1cccc(Cl)c1Cl. The number of benzene rings is 2. The second-order valence-electron chi connectivity index (χ2n) is 4.17. The van der Waals surface area contributed by atoms with E-state index in [1.54, 1.807) is 30.3 Å². The Morgan fingerprint density at radius 3 is 2.42 bits per heavy atom. The fourth-order valence-electron chi connectivity index (χ4n) is 1.86. The number of hydrogen-bond donors (Lipinski definition) is 1. The van der Waals surface area contributed by atoms with Crippen molar-refractivity contribution in [3.05, 3.63) is 68.4 Å². The molecule has 0 aliphatic carbocycles. The molecule has 0 radical (unpaired) electrons. The summed E-state index contributed by atoms with van der Waals surface area (Å²) in [6.45, 7) is 0. The Bertz CT molecular complexity index is 601. The van der Waals surface area contributed by atoms with Crippen LogP contribution in [0.25, 0.3) is 0 Å². The second-order valence-corrected chi connectivity index (χ2v) is 5.33. The first-order chi connectivity index (χ1) is 9.00. The van der Waals surface area contributed by atoms with Gasteiger partial charge in [0.1, 0.15) is 5.82 Å². The molecule has 100 valence electrons. The van der Waals surface area contributed by atoms with Crippen LogP contribution in [0.3, 0.4) is 0 Å². The Morgan fingerprint density at radius 2 is 1.68 bits per heavy atom. The summed E-state index contributed by atoms with van der Waals surface area (Å²) in [5, 5.41) is 0.959. The average Bonchev–Trinajstić information content (AvgIpc) is 2.38. The molecular weight excluding hydrogens is 308 g/mol. The highest BCUT2D eigenvalue weighted by Gasteiger charge is 2.15. The molecule has 1 nitrogen and oxygen atoms in total. The molecule has 0 bridgehead atoms. The van der Waals surface area contributed by atoms with E-state index in [1.807, 2.05) is 0 Å². The Balaban J connectivity index is 2.28. The van der Waals surface area contributed by atoms with Crippen molar-refractivity contribution in [2.24, 2.45) is 5.73 Å². The Hall–Kier alpha value is -0.800. The van der Waals surface area contributed by atoms with Crippen LogP contribution in [-0.2, 0) is 6.42 Å². The first-order valence-corrected chi connectivity index (χ1v) is 6.76. The van der Waals surface area contributed by atoms with Gasteiger partial charge in [0.05, 0.1) is 15.1 Å². The molecule has 0 saturated heterocycles. The zero-order chi connectivity index (χ0) is 14.0. The maximum Gasteiger partial charge on any atom is 0.142 e. The second kappa shape index (κ2) is 6.10. The van der Waals surface area contributed by atoms with E-state index in [9.17, 15) is 4.39 Å². The summed E-state index contributed by atoms with van der Waals surface area (Å²) in [6.07, 6.45) is 0.386. The van der Waals surface area contributed by atoms with Gasteiger partial charge in [0.2, 0.25) is 0 Å². The maximum atomic E-state index is 13.4. The van der Waals surface area contributed by atoms with Gasteiger partial charge in [0.15, 0.2) is 0 Å². The summed E-state index contributed by atoms with van der Waals surface area (Å²) < 4.78 is 13.4. The topological polar surface area (TPSA) is 26.0 Å². The molecule has 0 fully saturated rings. The molecule has 19 heavy (non-hydrogen) atoms. The number of rotatable bonds is 3. The van der Waals surface area contributed by atoms with Crippen molar-refractivity contribution in [3.63, 3.8) is 0 Å². The number of halogens is 4. The normalized spacial score (nSPS) is 12.5. The van der Waals surface area contributed by atoms with Gasteiger partial charge < -0.3 is 5.73 Å². The third-order valence-electron chi connectivity index (χ3n) is 2.85. The van der Waals surface area contributed by atoms with Gasteiger partial charge in [-0.3, -0.25) is 0 Å². The summed E-state index contributed by atoms with van der Waals surface area (Å²) in [5.74, 6) is -0.455. The third kappa shape index (κ3) is 3.21. The van der Waals surface area contributed by atoms with Crippen molar-refractivity contribution < 1.29 is 4.39 Å². The molecule has 0 amide bonds. The lowest BCUT2D eigenvalue weighted by Crippen LogP contribution is -2.14. The molecule has 2 aromatic carbocycles. The van der Waals surface area contributed by atoms with Crippen molar-refractivity contribution in [3.8, 4) is 0 Å². The molecular formula is C14H11Cl3FN. The van der Waals surface area contributed by atoms with E-state index in [4.69, 9.17) is 40.5 Å². The lowest BCUT2D eigenvalue weighted by atomic mass is 9.99. The van der Waals surface area contributed by atoms with Gasteiger partial charge in [-0.1, -0.05) is 59.1 Å². The average molecular weight is 319 g/mol. The molecule has 0 aliphatic heterocycles. The molecule has 2 rings (SSSR count). The number of hydrogen-bond acceptors (Lipinski definition) is 1. The van der Waals surface area contributed by atoms with E-state index in [1.165, 1.54) is 6.07 Å². The lowest BCUT2D eigenvalue weighted by Gasteiger charge is -2.15.